The van der Waals surface area contributed by atoms with Crippen LogP contribution in [0.25, 0.3) is 0 Å². The molecule has 0 spiro atoms. The Kier molecular flexibility index (Phi) is 4.37. The predicted molar refractivity (Wildman–Crippen MR) is 66.7 cm³/mol. The number of carbonyl (C=O) groups is 1. The molecule has 0 saturated heterocycles. The molecule has 17 heavy (non-hydrogen) atoms. The van der Waals surface area contributed by atoms with Crippen molar-refractivity contribution in [2.45, 2.75) is 40.0 Å². The monoisotopic (exact) mass is 241 g/mol. The molecule has 1 unspecified atom stereocenters. The Morgan fingerprint density at radius 1 is 1.53 bits per heavy atom. The van der Waals surface area contributed by atoms with Crippen LogP contribution >= 0.6 is 0 Å². The van der Waals surface area contributed by atoms with Crippen LogP contribution in [0.2, 0.25) is 0 Å². The van der Waals surface area contributed by atoms with Gasteiger partial charge in [0.25, 0.3) is 0 Å². The minimum Gasteiger partial charge on any atom is -0.409 e. The van der Waals surface area contributed by atoms with Gasteiger partial charge in [-0.25, -0.2) is 0 Å². The van der Waals surface area contributed by atoms with Crippen molar-refractivity contribution in [3.05, 3.63) is 0 Å². The lowest BCUT2D eigenvalue weighted by atomic mass is 9.70. The second kappa shape index (κ2) is 5.38. The fraction of sp³-hybridized carbons (Fsp3) is 0.833. The number of nitrogens with two attached hydrogens (primary N) is 1. The van der Waals surface area contributed by atoms with E-state index in [0.29, 0.717) is 6.54 Å². The normalized spacial score (nSPS) is 20.8. The van der Waals surface area contributed by atoms with Crippen LogP contribution in [-0.4, -0.2) is 23.5 Å². The second-order valence-electron chi connectivity index (χ2n) is 5.63. The van der Waals surface area contributed by atoms with Crippen molar-refractivity contribution in [2.24, 2.45) is 28.1 Å². The number of hydrogen-bond acceptors (Lipinski definition) is 3. The fourth-order valence-electron chi connectivity index (χ4n) is 2.21. The van der Waals surface area contributed by atoms with Gasteiger partial charge >= 0.3 is 0 Å². The minimum atomic E-state index is -0.552. The van der Waals surface area contributed by atoms with Crippen molar-refractivity contribution >= 4 is 11.7 Å². The first-order chi connectivity index (χ1) is 7.89. The van der Waals surface area contributed by atoms with Gasteiger partial charge in [0.05, 0.1) is 0 Å². The predicted octanol–water partition coefficient (Wildman–Crippen LogP) is 1.31. The second-order valence-corrected chi connectivity index (χ2v) is 5.63. The Morgan fingerprint density at radius 2 is 2.12 bits per heavy atom. The van der Waals surface area contributed by atoms with Gasteiger partial charge in [-0.15, -0.1) is 0 Å². The van der Waals surface area contributed by atoms with Gasteiger partial charge in [0.15, 0.2) is 5.84 Å². The molecule has 4 N–H and O–H groups in total. The molecule has 1 atom stereocenters. The molecular weight excluding hydrogens is 218 g/mol. The highest BCUT2D eigenvalue weighted by atomic mass is 16.4. The SMILES string of the molecule is CC(C)C(C(=O)NCC1(C)CCC1)C(N)=NO. The molecule has 1 aliphatic carbocycles. The summed E-state index contributed by atoms with van der Waals surface area (Å²) >= 11 is 0. The average molecular weight is 241 g/mol. The zero-order chi connectivity index (χ0) is 13.1. The summed E-state index contributed by atoms with van der Waals surface area (Å²) in [4.78, 5) is 12.0. The highest BCUT2D eigenvalue weighted by Gasteiger charge is 2.34. The molecule has 0 aromatic heterocycles. The average Bonchev–Trinajstić information content (AvgIpc) is 2.23. The molecule has 0 radical (unpaired) electrons. The van der Waals surface area contributed by atoms with E-state index >= 15 is 0 Å². The smallest absolute Gasteiger partial charge is 0.231 e. The van der Waals surface area contributed by atoms with Crippen LogP contribution in [0.5, 0.6) is 0 Å². The van der Waals surface area contributed by atoms with Gasteiger partial charge in [0, 0.05) is 6.54 Å². The lowest BCUT2D eigenvalue weighted by Gasteiger charge is -2.38. The van der Waals surface area contributed by atoms with E-state index in [0.717, 1.165) is 12.8 Å². The lowest BCUT2D eigenvalue weighted by molar-refractivity contribution is -0.124. The number of hydrogen-bond donors (Lipinski definition) is 3. The fourth-order valence-corrected chi connectivity index (χ4v) is 2.21. The third-order valence-corrected chi connectivity index (χ3v) is 3.63. The van der Waals surface area contributed by atoms with Crippen molar-refractivity contribution < 1.29 is 10.0 Å². The molecule has 0 aromatic carbocycles. The maximum atomic E-state index is 12.0. The van der Waals surface area contributed by atoms with Crippen LogP contribution in [0, 0.1) is 17.3 Å². The van der Waals surface area contributed by atoms with E-state index in [-0.39, 0.29) is 23.1 Å². The quantitative estimate of drug-likeness (QED) is 0.293. The number of amidine groups is 1. The van der Waals surface area contributed by atoms with E-state index in [1.807, 2.05) is 13.8 Å². The van der Waals surface area contributed by atoms with Gasteiger partial charge in [0.1, 0.15) is 5.92 Å². The van der Waals surface area contributed by atoms with Gasteiger partial charge in [0.2, 0.25) is 5.91 Å². The van der Waals surface area contributed by atoms with E-state index < -0.39 is 5.92 Å². The van der Waals surface area contributed by atoms with Gasteiger partial charge in [-0.05, 0) is 24.2 Å². The van der Waals surface area contributed by atoms with Crippen LogP contribution in [0.3, 0.4) is 0 Å². The zero-order valence-corrected chi connectivity index (χ0v) is 10.9. The molecule has 98 valence electrons. The van der Waals surface area contributed by atoms with Crippen LogP contribution in [0.15, 0.2) is 5.16 Å². The highest BCUT2D eigenvalue weighted by Crippen LogP contribution is 2.39. The lowest BCUT2D eigenvalue weighted by Crippen LogP contribution is -2.46. The molecule has 0 bridgehead atoms. The number of oxime groups is 1. The van der Waals surface area contributed by atoms with E-state index in [9.17, 15) is 4.79 Å². The summed E-state index contributed by atoms with van der Waals surface area (Å²) in [6.07, 6.45) is 3.55. The molecule has 5 heteroatoms. The van der Waals surface area contributed by atoms with Crippen LogP contribution in [-0.2, 0) is 4.79 Å². The summed E-state index contributed by atoms with van der Waals surface area (Å²) < 4.78 is 0. The number of nitrogens with zero attached hydrogens (tertiary/aromatic N) is 1. The van der Waals surface area contributed by atoms with Gasteiger partial charge in [-0.2, -0.15) is 0 Å². The first-order valence-corrected chi connectivity index (χ1v) is 6.15. The molecule has 0 aliphatic heterocycles. The molecule has 1 rings (SSSR count). The van der Waals surface area contributed by atoms with Gasteiger partial charge < -0.3 is 16.3 Å². The Balaban J connectivity index is 2.54. The van der Waals surface area contributed by atoms with Crippen molar-refractivity contribution in [2.75, 3.05) is 6.54 Å². The largest absolute Gasteiger partial charge is 0.409 e. The summed E-state index contributed by atoms with van der Waals surface area (Å²) in [6.45, 7) is 6.61. The molecule has 1 saturated carbocycles. The Hall–Kier alpha value is -1.26. The highest BCUT2D eigenvalue weighted by molar-refractivity contribution is 6.02. The van der Waals surface area contributed by atoms with Gasteiger partial charge in [-0.1, -0.05) is 32.3 Å². The van der Waals surface area contributed by atoms with Crippen LogP contribution in [0.1, 0.15) is 40.0 Å². The van der Waals surface area contributed by atoms with E-state index in [4.69, 9.17) is 10.9 Å². The maximum absolute atomic E-state index is 12.0. The first kappa shape index (κ1) is 13.8. The minimum absolute atomic E-state index is 0.0140. The third-order valence-electron chi connectivity index (χ3n) is 3.63. The van der Waals surface area contributed by atoms with Gasteiger partial charge in [-0.3, -0.25) is 4.79 Å². The summed E-state index contributed by atoms with van der Waals surface area (Å²) in [6, 6.07) is 0. The Bertz CT molecular complexity index is 309. The van der Waals surface area contributed by atoms with Crippen LogP contribution in [0.4, 0.5) is 0 Å². The van der Waals surface area contributed by atoms with E-state index in [1.54, 1.807) is 0 Å². The molecule has 0 aromatic rings. The van der Waals surface area contributed by atoms with Crippen molar-refractivity contribution in [3.63, 3.8) is 0 Å². The molecule has 0 heterocycles. The zero-order valence-electron chi connectivity index (χ0n) is 10.9. The summed E-state index contributed by atoms with van der Waals surface area (Å²) in [5.41, 5.74) is 5.78. The van der Waals surface area contributed by atoms with Crippen molar-refractivity contribution in [3.8, 4) is 0 Å². The summed E-state index contributed by atoms with van der Waals surface area (Å²) in [5.74, 6) is -0.705. The van der Waals surface area contributed by atoms with Crippen molar-refractivity contribution in [1.29, 1.82) is 0 Å². The Morgan fingerprint density at radius 3 is 2.47 bits per heavy atom. The number of carbonyl (C=O) groups excluding carboxylic acids is 1. The molecule has 1 fully saturated rings. The molecule has 5 nitrogen and oxygen atoms in total. The summed E-state index contributed by atoms with van der Waals surface area (Å²) in [5, 5.41) is 14.5. The van der Waals surface area contributed by atoms with Crippen molar-refractivity contribution in [1.82, 2.24) is 5.32 Å². The third kappa shape index (κ3) is 3.35. The molecule has 1 aliphatic rings. The maximum Gasteiger partial charge on any atom is 0.231 e. The topological polar surface area (TPSA) is 87.7 Å². The number of rotatable bonds is 5. The number of amides is 1. The van der Waals surface area contributed by atoms with E-state index in [2.05, 4.69) is 17.4 Å². The molecular formula is C12H23N3O2. The number of nitrogens with one attached hydrogen (secondary N) is 1. The molecule has 1 amide bonds. The summed E-state index contributed by atoms with van der Waals surface area (Å²) in [7, 11) is 0. The Labute approximate surface area is 102 Å². The standard InChI is InChI=1S/C12H23N3O2/c1-8(2)9(10(13)15-17)11(16)14-7-12(3)5-4-6-12/h8-9,17H,4-7H2,1-3H3,(H2,13,15)(H,14,16). The first-order valence-electron chi connectivity index (χ1n) is 6.15. The van der Waals surface area contributed by atoms with E-state index in [1.165, 1.54) is 6.42 Å². The van der Waals surface area contributed by atoms with Crippen LogP contribution < -0.4 is 11.1 Å².